The summed E-state index contributed by atoms with van der Waals surface area (Å²) in [5.41, 5.74) is -1.48. The van der Waals surface area contributed by atoms with E-state index in [0.717, 1.165) is 51.9 Å². The second-order valence-electron chi connectivity index (χ2n) is 9.46. The molecule has 2 aromatic carbocycles. The van der Waals surface area contributed by atoms with Crippen LogP contribution < -0.4 is 0 Å². The van der Waals surface area contributed by atoms with Gasteiger partial charge in [0.15, 0.2) is 5.60 Å². The molecule has 6 heteroatoms. The molecule has 0 aromatic heterocycles. The summed E-state index contributed by atoms with van der Waals surface area (Å²) in [4.78, 5) is 15.3. The molecule has 2 aliphatic rings. The summed E-state index contributed by atoms with van der Waals surface area (Å²) in [6.45, 7) is 0.730. The zero-order valence-electron chi connectivity index (χ0n) is 18.3. The summed E-state index contributed by atoms with van der Waals surface area (Å²) in [6, 6.07) is 16.1. The lowest BCUT2D eigenvalue weighted by molar-refractivity contribution is -0.258. The van der Waals surface area contributed by atoms with Crippen molar-refractivity contribution in [1.29, 1.82) is 0 Å². The lowest BCUT2D eigenvalue weighted by Crippen LogP contribution is -2.44. The molecule has 2 saturated carbocycles. The predicted octanol–water partition coefficient (Wildman–Crippen LogP) is 5.86. The minimum Gasteiger partial charge on any atom is -0.376 e. The van der Waals surface area contributed by atoms with Crippen LogP contribution in [0.2, 0.25) is 0 Å². The molecule has 2 aliphatic carbocycles. The van der Waals surface area contributed by atoms with E-state index >= 15 is 0 Å². The number of hydrogen-bond donors (Lipinski definition) is 1. The van der Waals surface area contributed by atoms with Gasteiger partial charge in [0, 0.05) is 17.6 Å². The first-order valence-corrected chi connectivity index (χ1v) is 11.4. The van der Waals surface area contributed by atoms with Crippen LogP contribution in [0.3, 0.4) is 0 Å². The molecule has 0 bridgehead atoms. The quantitative estimate of drug-likeness (QED) is 0.605. The Hall–Kier alpha value is -2.34. The molecule has 1 atom stereocenters. The Bertz CT molecular complexity index is 912. The Kier molecular flexibility index (Phi) is 6.35. The van der Waals surface area contributed by atoms with Gasteiger partial charge in [-0.25, -0.2) is 0 Å². The second kappa shape index (κ2) is 8.89. The molecule has 2 fully saturated rings. The minimum atomic E-state index is -4.78. The normalized spacial score (nSPS) is 23.4. The fourth-order valence-electron chi connectivity index (χ4n) is 4.81. The molecule has 1 amide bonds. The number of amides is 1. The lowest BCUT2D eigenvalue weighted by Gasteiger charge is -2.37. The molecule has 0 heterocycles. The number of rotatable bonds is 6. The zero-order chi connectivity index (χ0) is 22.9. The fraction of sp³-hybridized carbons (Fsp3) is 0.500. The summed E-state index contributed by atoms with van der Waals surface area (Å²) >= 11 is 0. The third-order valence-corrected chi connectivity index (χ3v) is 7.00. The number of hydrogen-bond acceptors (Lipinski definition) is 2. The maximum Gasteiger partial charge on any atom is 0.421 e. The van der Waals surface area contributed by atoms with Crippen LogP contribution in [0, 0.1) is 5.92 Å². The Morgan fingerprint density at radius 3 is 1.94 bits per heavy atom. The molecule has 0 aliphatic heterocycles. The van der Waals surface area contributed by atoms with Gasteiger partial charge >= 0.3 is 6.18 Å². The van der Waals surface area contributed by atoms with Crippen molar-refractivity contribution in [2.45, 2.75) is 75.7 Å². The van der Waals surface area contributed by atoms with Gasteiger partial charge in [0.05, 0.1) is 0 Å². The molecule has 4 rings (SSSR count). The van der Waals surface area contributed by atoms with E-state index in [4.69, 9.17) is 0 Å². The van der Waals surface area contributed by atoms with Crippen molar-refractivity contribution >= 4 is 5.91 Å². The first kappa shape index (κ1) is 22.8. The van der Waals surface area contributed by atoms with Gasteiger partial charge in [-0.05, 0) is 81.0 Å². The number of carbonyl (C=O) groups excluding carboxylic acids is 1. The van der Waals surface area contributed by atoms with Gasteiger partial charge in [-0.3, -0.25) is 4.79 Å². The third-order valence-electron chi connectivity index (χ3n) is 7.00. The number of halogens is 3. The largest absolute Gasteiger partial charge is 0.421 e. The van der Waals surface area contributed by atoms with Gasteiger partial charge < -0.3 is 10.0 Å². The van der Waals surface area contributed by atoms with E-state index in [1.807, 2.05) is 11.0 Å². The standard InChI is InChI=1S/C26H30F3NO2/c1-25(32,26(27,28)29)21-11-9-20(10-12-21)24(31)30(23-15-16-23)22-13-7-19(8-14-22)17-18-5-3-2-4-6-18/h2-6,9-12,19,22-23,32H,7-8,13-17H2,1H3/t19-,22-,25-/m0/s1. The van der Waals surface area contributed by atoms with Crippen molar-refractivity contribution < 1.29 is 23.1 Å². The van der Waals surface area contributed by atoms with Crippen LogP contribution in [0.1, 0.15) is 66.9 Å². The fourth-order valence-corrected chi connectivity index (χ4v) is 4.81. The van der Waals surface area contributed by atoms with Crippen LogP contribution in [0.5, 0.6) is 0 Å². The third kappa shape index (κ3) is 4.85. The molecule has 172 valence electrons. The molecule has 0 spiro atoms. The maximum atomic E-state index is 13.3. The maximum absolute atomic E-state index is 13.3. The first-order valence-electron chi connectivity index (χ1n) is 11.4. The van der Waals surface area contributed by atoms with Crippen LogP contribution in [-0.4, -0.2) is 34.2 Å². The highest BCUT2D eigenvalue weighted by molar-refractivity contribution is 5.95. The van der Waals surface area contributed by atoms with E-state index < -0.39 is 11.8 Å². The molecule has 32 heavy (non-hydrogen) atoms. The monoisotopic (exact) mass is 445 g/mol. The molecule has 0 radical (unpaired) electrons. The van der Waals surface area contributed by atoms with Crippen molar-refractivity contribution in [3.05, 3.63) is 71.3 Å². The van der Waals surface area contributed by atoms with Crippen molar-refractivity contribution in [3.63, 3.8) is 0 Å². The Morgan fingerprint density at radius 2 is 1.44 bits per heavy atom. The average Bonchev–Trinajstić information content (AvgIpc) is 3.60. The van der Waals surface area contributed by atoms with Crippen molar-refractivity contribution in [2.24, 2.45) is 5.92 Å². The Morgan fingerprint density at radius 1 is 0.906 bits per heavy atom. The highest BCUT2D eigenvalue weighted by atomic mass is 19.4. The second-order valence-corrected chi connectivity index (χ2v) is 9.46. The minimum absolute atomic E-state index is 0.114. The molecular formula is C26H30F3NO2. The van der Waals surface area contributed by atoms with Gasteiger partial charge in [-0.2, -0.15) is 13.2 Å². The van der Waals surface area contributed by atoms with E-state index in [1.54, 1.807) is 0 Å². The molecule has 2 aromatic rings. The number of aliphatic hydroxyl groups is 1. The number of alkyl halides is 3. The molecule has 3 nitrogen and oxygen atoms in total. The van der Waals surface area contributed by atoms with Crippen LogP contribution in [0.25, 0.3) is 0 Å². The number of nitrogens with zero attached hydrogens (tertiary/aromatic N) is 1. The molecular weight excluding hydrogens is 415 g/mol. The Balaban J connectivity index is 1.42. The van der Waals surface area contributed by atoms with Crippen LogP contribution in [0.15, 0.2) is 54.6 Å². The Labute approximate surface area is 187 Å². The zero-order valence-corrected chi connectivity index (χ0v) is 18.3. The predicted molar refractivity (Wildman–Crippen MR) is 117 cm³/mol. The average molecular weight is 446 g/mol. The molecule has 1 N–H and O–H groups in total. The van der Waals surface area contributed by atoms with E-state index in [-0.39, 0.29) is 23.6 Å². The highest BCUT2D eigenvalue weighted by Gasteiger charge is 2.51. The first-order chi connectivity index (χ1) is 15.2. The van der Waals surface area contributed by atoms with Crippen molar-refractivity contribution in [3.8, 4) is 0 Å². The molecule has 0 saturated heterocycles. The highest BCUT2D eigenvalue weighted by Crippen LogP contribution is 2.40. The lowest BCUT2D eigenvalue weighted by atomic mass is 9.81. The van der Waals surface area contributed by atoms with Gasteiger partial charge in [-0.15, -0.1) is 0 Å². The SMILES string of the molecule is C[C@](O)(c1ccc(C(=O)N(C2CC2)[C@H]2CC[C@H](Cc3ccccc3)CC2)cc1)C(F)(F)F. The van der Waals surface area contributed by atoms with Gasteiger partial charge in [0.25, 0.3) is 5.91 Å². The number of carbonyl (C=O) groups is 1. The van der Waals surface area contributed by atoms with E-state index in [2.05, 4.69) is 24.3 Å². The van der Waals surface area contributed by atoms with Gasteiger partial charge in [0.1, 0.15) is 0 Å². The van der Waals surface area contributed by atoms with E-state index in [0.29, 0.717) is 11.5 Å². The summed E-state index contributed by atoms with van der Waals surface area (Å²) in [5.74, 6) is 0.505. The topological polar surface area (TPSA) is 40.5 Å². The molecule has 0 unspecified atom stereocenters. The summed E-state index contributed by atoms with van der Waals surface area (Å²) in [7, 11) is 0. The van der Waals surface area contributed by atoms with Crippen molar-refractivity contribution in [2.75, 3.05) is 0 Å². The summed E-state index contributed by atoms with van der Waals surface area (Å²) in [6.07, 6.45) is 2.31. The van der Waals surface area contributed by atoms with E-state index in [9.17, 15) is 23.1 Å². The summed E-state index contributed by atoms with van der Waals surface area (Å²) < 4.78 is 39.3. The summed E-state index contributed by atoms with van der Waals surface area (Å²) in [5, 5.41) is 9.87. The van der Waals surface area contributed by atoms with Crippen LogP contribution in [0.4, 0.5) is 13.2 Å². The van der Waals surface area contributed by atoms with Gasteiger partial charge in [-0.1, -0.05) is 42.5 Å². The van der Waals surface area contributed by atoms with Crippen LogP contribution >= 0.6 is 0 Å². The van der Waals surface area contributed by atoms with Crippen LogP contribution in [-0.2, 0) is 12.0 Å². The smallest absolute Gasteiger partial charge is 0.376 e. The van der Waals surface area contributed by atoms with E-state index in [1.165, 1.54) is 29.8 Å². The van der Waals surface area contributed by atoms with Crippen molar-refractivity contribution in [1.82, 2.24) is 4.90 Å². The van der Waals surface area contributed by atoms with Gasteiger partial charge in [0.2, 0.25) is 0 Å². The number of benzene rings is 2.